The number of benzene rings is 2. The number of imide groups is 1. The first-order chi connectivity index (χ1) is 10.3. The highest BCUT2D eigenvalue weighted by Gasteiger charge is 2.49. The second-order valence-electron chi connectivity index (χ2n) is 5.78. The van der Waals surface area contributed by atoms with Gasteiger partial charge in [0.1, 0.15) is 0 Å². The molecule has 104 valence electrons. The van der Waals surface area contributed by atoms with Crippen molar-refractivity contribution < 1.29 is 9.59 Å². The van der Waals surface area contributed by atoms with E-state index in [0.29, 0.717) is 6.42 Å². The van der Waals surface area contributed by atoms with Gasteiger partial charge in [0.2, 0.25) is 11.8 Å². The summed E-state index contributed by atoms with van der Waals surface area (Å²) in [4.78, 5) is 24.4. The van der Waals surface area contributed by atoms with Crippen LogP contribution in [0.15, 0.2) is 54.6 Å². The van der Waals surface area contributed by atoms with E-state index in [9.17, 15) is 9.59 Å². The summed E-state index contributed by atoms with van der Waals surface area (Å²) in [5.41, 5.74) is 3.46. The van der Waals surface area contributed by atoms with Crippen molar-refractivity contribution in [1.82, 2.24) is 5.32 Å². The van der Waals surface area contributed by atoms with Crippen LogP contribution in [0.1, 0.15) is 22.6 Å². The minimum absolute atomic E-state index is 0.0346. The summed E-state index contributed by atoms with van der Waals surface area (Å²) in [5.74, 6) is -0.811. The van der Waals surface area contributed by atoms with Crippen LogP contribution in [0.4, 0.5) is 0 Å². The Balaban J connectivity index is 1.92. The number of hydrogen-bond acceptors (Lipinski definition) is 2. The first-order valence-corrected chi connectivity index (χ1v) is 7.23. The lowest BCUT2D eigenvalue weighted by molar-refractivity contribution is -0.126. The predicted molar refractivity (Wildman–Crippen MR) is 78.6 cm³/mol. The molecule has 0 bridgehead atoms. The molecule has 4 rings (SSSR count). The molecule has 1 N–H and O–H groups in total. The van der Waals surface area contributed by atoms with Crippen LogP contribution in [0.2, 0.25) is 0 Å². The maximum absolute atomic E-state index is 12.3. The van der Waals surface area contributed by atoms with Crippen molar-refractivity contribution in [1.29, 1.82) is 0 Å². The molecule has 3 atom stereocenters. The molecule has 0 aromatic heterocycles. The maximum atomic E-state index is 12.3. The third kappa shape index (κ3) is 1.81. The van der Waals surface area contributed by atoms with Gasteiger partial charge in [-0.15, -0.1) is 0 Å². The number of carbonyl (C=O) groups is 2. The highest BCUT2D eigenvalue weighted by Crippen LogP contribution is 2.45. The van der Waals surface area contributed by atoms with Gasteiger partial charge in [0.25, 0.3) is 0 Å². The van der Waals surface area contributed by atoms with E-state index in [1.54, 1.807) is 0 Å². The normalized spacial score (nSPS) is 27.0. The molecule has 2 aromatic rings. The van der Waals surface area contributed by atoms with Gasteiger partial charge in [-0.05, 0) is 23.1 Å². The summed E-state index contributed by atoms with van der Waals surface area (Å²) in [6.45, 7) is 0. The smallest absolute Gasteiger partial charge is 0.231 e. The van der Waals surface area contributed by atoms with E-state index in [1.807, 2.05) is 42.5 Å². The van der Waals surface area contributed by atoms with Crippen LogP contribution in [-0.4, -0.2) is 11.8 Å². The molecule has 21 heavy (non-hydrogen) atoms. The summed E-state index contributed by atoms with van der Waals surface area (Å²) in [6, 6.07) is 18.2. The molecule has 2 aromatic carbocycles. The SMILES string of the molecule is O=C1NC(=O)C2C1Cc1ccccc1C2c1ccccc1. The van der Waals surface area contributed by atoms with Crippen molar-refractivity contribution in [2.45, 2.75) is 12.3 Å². The van der Waals surface area contributed by atoms with E-state index in [4.69, 9.17) is 0 Å². The molecule has 1 saturated heterocycles. The molecule has 0 spiro atoms. The van der Waals surface area contributed by atoms with Crippen LogP contribution in [0.5, 0.6) is 0 Å². The first kappa shape index (κ1) is 12.3. The van der Waals surface area contributed by atoms with Crippen LogP contribution in [-0.2, 0) is 16.0 Å². The van der Waals surface area contributed by atoms with Gasteiger partial charge in [0, 0.05) is 5.92 Å². The van der Waals surface area contributed by atoms with Gasteiger partial charge in [0.15, 0.2) is 0 Å². The minimum Gasteiger partial charge on any atom is -0.296 e. The standard InChI is InChI=1S/C18H15NO2/c20-17-14-10-12-8-4-5-9-13(12)15(16(14)18(21)19-17)11-6-2-1-3-7-11/h1-9,14-16H,10H2,(H,19,20,21). The molecule has 3 unspecified atom stereocenters. The Hall–Kier alpha value is -2.42. The Morgan fingerprint density at radius 1 is 0.857 bits per heavy atom. The summed E-state index contributed by atoms with van der Waals surface area (Å²) >= 11 is 0. The molecule has 0 saturated carbocycles. The first-order valence-electron chi connectivity index (χ1n) is 7.23. The van der Waals surface area contributed by atoms with Crippen LogP contribution in [0.25, 0.3) is 0 Å². The Morgan fingerprint density at radius 2 is 1.57 bits per heavy atom. The van der Waals surface area contributed by atoms with Crippen molar-refractivity contribution >= 4 is 11.8 Å². The van der Waals surface area contributed by atoms with E-state index in [-0.39, 0.29) is 29.6 Å². The predicted octanol–water partition coefficient (Wildman–Crippen LogP) is 2.26. The summed E-state index contributed by atoms with van der Waals surface area (Å²) in [5, 5.41) is 2.52. The molecule has 1 fully saturated rings. The number of fused-ring (bicyclic) bond motifs is 2. The van der Waals surface area contributed by atoms with E-state index < -0.39 is 0 Å². The topological polar surface area (TPSA) is 46.2 Å². The molecule has 2 aliphatic rings. The van der Waals surface area contributed by atoms with Gasteiger partial charge in [-0.25, -0.2) is 0 Å². The molecule has 1 aliphatic heterocycles. The average molecular weight is 277 g/mol. The van der Waals surface area contributed by atoms with Crippen LogP contribution in [0.3, 0.4) is 0 Å². The number of carbonyl (C=O) groups excluding carboxylic acids is 2. The van der Waals surface area contributed by atoms with Crippen molar-refractivity contribution in [3.63, 3.8) is 0 Å². The highest BCUT2D eigenvalue weighted by atomic mass is 16.2. The second-order valence-corrected chi connectivity index (χ2v) is 5.78. The molecule has 3 heteroatoms. The lowest BCUT2D eigenvalue weighted by Gasteiger charge is -2.33. The lowest BCUT2D eigenvalue weighted by atomic mass is 9.67. The van der Waals surface area contributed by atoms with Gasteiger partial charge in [-0.2, -0.15) is 0 Å². The van der Waals surface area contributed by atoms with Crippen molar-refractivity contribution in [2.75, 3.05) is 0 Å². The molecular formula is C18H15NO2. The number of nitrogens with one attached hydrogen (secondary N) is 1. The van der Waals surface area contributed by atoms with Gasteiger partial charge in [-0.1, -0.05) is 54.6 Å². The maximum Gasteiger partial charge on any atom is 0.231 e. The van der Waals surface area contributed by atoms with Gasteiger partial charge < -0.3 is 0 Å². The third-order valence-corrected chi connectivity index (χ3v) is 4.67. The number of hydrogen-bond donors (Lipinski definition) is 1. The Bertz CT molecular complexity index is 723. The number of rotatable bonds is 1. The fourth-order valence-corrected chi connectivity index (χ4v) is 3.75. The quantitative estimate of drug-likeness (QED) is 0.813. The summed E-state index contributed by atoms with van der Waals surface area (Å²) in [6.07, 6.45) is 0.655. The van der Waals surface area contributed by atoms with E-state index in [2.05, 4.69) is 17.4 Å². The summed E-state index contributed by atoms with van der Waals surface area (Å²) in [7, 11) is 0. The Labute approximate surface area is 123 Å². The van der Waals surface area contributed by atoms with Crippen molar-refractivity contribution in [2.24, 2.45) is 11.8 Å². The average Bonchev–Trinajstić information content (AvgIpc) is 2.80. The van der Waals surface area contributed by atoms with E-state index in [0.717, 1.165) is 5.56 Å². The fourth-order valence-electron chi connectivity index (χ4n) is 3.75. The van der Waals surface area contributed by atoms with E-state index >= 15 is 0 Å². The zero-order chi connectivity index (χ0) is 14.4. The van der Waals surface area contributed by atoms with Crippen LogP contribution in [0, 0.1) is 11.8 Å². The molecular weight excluding hydrogens is 262 g/mol. The zero-order valence-electron chi connectivity index (χ0n) is 11.5. The van der Waals surface area contributed by atoms with Gasteiger partial charge in [0.05, 0.1) is 11.8 Å². The third-order valence-electron chi connectivity index (χ3n) is 4.67. The van der Waals surface area contributed by atoms with Crippen LogP contribution < -0.4 is 5.32 Å². The molecule has 1 aliphatic carbocycles. The largest absolute Gasteiger partial charge is 0.296 e. The summed E-state index contributed by atoms with van der Waals surface area (Å²) < 4.78 is 0. The zero-order valence-corrected chi connectivity index (χ0v) is 11.5. The van der Waals surface area contributed by atoms with E-state index in [1.165, 1.54) is 11.1 Å². The number of amides is 2. The Kier molecular flexibility index (Phi) is 2.67. The van der Waals surface area contributed by atoms with Crippen LogP contribution >= 0.6 is 0 Å². The van der Waals surface area contributed by atoms with Gasteiger partial charge in [-0.3, -0.25) is 14.9 Å². The minimum atomic E-state index is -0.283. The fraction of sp³-hybridized carbons (Fsp3) is 0.222. The monoisotopic (exact) mass is 277 g/mol. The highest BCUT2D eigenvalue weighted by molar-refractivity contribution is 6.06. The molecule has 2 amide bonds. The second kappa shape index (κ2) is 4.55. The Morgan fingerprint density at radius 3 is 2.38 bits per heavy atom. The molecule has 1 heterocycles. The molecule has 0 radical (unpaired) electrons. The lowest BCUT2D eigenvalue weighted by Crippen LogP contribution is -2.32. The van der Waals surface area contributed by atoms with Crippen molar-refractivity contribution in [3.8, 4) is 0 Å². The van der Waals surface area contributed by atoms with Crippen molar-refractivity contribution in [3.05, 3.63) is 71.3 Å². The molecule has 3 nitrogen and oxygen atoms in total. The van der Waals surface area contributed by atoms with Gasteiger partial charge >= 0.3 is 0 Å².